The number of rotatable bonds is 3. The second-order valence-corrected chi connectivity index (χ2v) is 4.40. The van der Waals surface area contributed by atoms with Gasteiger partial charge in [-0.25, -0.2) is 0 Å². The molecular weight excluding hydrogens is 206 g/mol. The number of hydrogen-bond acceptors (Lipinski definition) is 3. The normalized spacial score (nSPS) is 16.9. The SMILES string of the molecule is CC(=O)C1(c2ccc(C)c([N+](=O)[O-])c2)CC1. The lowest BCUT2D eigenvalue weighted by atomic mass is 9.91. The third-order valence-electron chi connectivity index (χ3n) is 3.38. The van der Waals surface area contributed by atoms with E-state index in [9.17, 15) is 14.9 Å². The topological polar surface area (TPSA) is 60.2 Å². The summed E-state index contributed by atoms with van der Waals surface area (Å²) in [7, 11) is 0. The Kier molecular flexibility index (Phi) is 2.30. The molecule has 0 unspecified atom stereocenters. The number of nitrogens with zero attached hydrogens (tertiary/aromatic N) is 1. The molecule has 4 heteroatoms. The first-order valence-corrected chi connectivity index (χ1v) is 5.24. The maximum Gasteiger partial charge on any atom is 0.272 e. The standard InChI is InChI=1S/C12H13NO3/c1-8-3-4-10(7-11(8)13(15)16)12(5-6-12)9(2)14/h3-4,7H,5-6H2,1-2H3. The fraction of sp³-hybridized carbons (Fsp3) is 0.417. The minimum atomic E-state index is -0.432. The lowest BCUT2D eigenvalue weighted by Gasteiger charge is -2.11. The molecule has 1 aliphatic rings. The number of carbonyl (C=O) groups excluding carboxylic acids is 1. The first-order valence-electron chi connectivity index (χ1n) is 5.24. The van der Waals surface area contributed by atoms with Crippen LogP contribution in [0.1, 0.15) is 30.9 Å². The van der Waals surface area contributed by atoms with Gasteiger partial charge in [-0.2, -0.15) is 0 Å². The van der Waals surface area contributed by atoms with E-state index in [1.807, 2.05) is 6.07 Å². The highest BCUT2D eigenvalue weighted by atomic mass is 16.6. The lowest BCUT2D eigenvalue weighted by molar-refractivity contribution is -0.385. The Hall–Kier alpha value is -1.71. The van der Waals surface area contributed by atoms with Gasteiger partial charge < -0.3 is 0 Å². The molecule has 0 aliphatic heterocycles. The molecule has 1 fully saturated rings. The van der Waals surface area contributed by atoms with E-state index in [1.165, 1.54) is 0 Å². The molecule has 4 nitrogen and oxygen atoms in total. The molecule has 0 bridgehead atoms. The van der Waals surface area contributed by atoms with Crippen molar-refractivity contribution in [3.63, 3.8) is 0 Å². The van der Waals surface area contributed by atoms with Gasteiger partial charge >= 0.3 is 0 Å². The summed E-state index contributed by atoms with van der Waals surface area (Å²) in [5, 5.41) is 10.8. The Morgan fingerprint density at radius 3 is 2.50 bits per heavy atom. The quantitative estimate of drug-likeness (QED) is 0.579. The zero-order valence-corrected chi connectivity index (χ0v) is 9.32. The summed E-state index contributed by atoms with van der Waals surface area (Å²) in [6, 6.07) is 5.09. The van der Waals surface area contributed by atoms with Crippen LogP contribution >= 0.6 is 0 Å². The molecule has 0 aromatic heterocycles. The zero-order valence-electron chi connectivity index (χ0n) is 9.32. The molecule has 1 aromatic rings. The van der Waals surface area contributed by atoms with Crippen molar-refractivity contribution in [3.05, 3.63) is 39.4 Å². The van der Waals surface area contributed by atoms with Gasteiger partial charge in [-0.15, -0.1) is 0 Å². The lowest BCUT2D eigenvalue weighted by Crippen LogP contribution is -2.17. The number of nitro benzene ring substituents is 1. The fourth-order valence-corrected chi connectivity index (χ4v) is 2.07. The van der Waals surface area contributed by atoms with E-state index in [4.69, 9.17) is 0 Å². The maximum absolute atomic E-state index is 11.5. The highest BCUT2D eigenvalue weighted by molar-refractivity contribution is 5.91. The van der Waals surface area contributed by atoms with Crippen LogP contribution in [0.15, 0.2) is 18.2 Å². The molecule has 0 spiro atoms. The molecule has 16 heavy (non-hydrogen) atoms. The van der Waals surface area contributed by atoms with Gasteiger partial charge in [0, 0.05) is 11.6 Å². The van der Waals surface area contributed by atoms with E-state index in [0.29, 0.717) is 5.56 Å². The summed E-state index contributed by atoms with van der Waals surface area (Å²) in [5.74, 6) is 0.102. The zero-order chi connectivity index (χ0) is 11.9. The van der Waals surface area contributed by atoms with Crippen molar-refractivity contribution in [3.8, 4) is 0 Å². The first-order chi connectivity index (χ1) is 7.47. The van der Waals surface area contributed by atoms with Crippen LogP contribution in [0.2, 0.25) is 0 Å². The Balaban J connectivity index is 2.48. The van der Waals surface area contributed by atoms with Gasteiger partial charge in [-0.1, -0.05) is 12.1 Å². The van der Waals surface area contributed by atoms with Crippen molar-refractivity contribution in [1.29, 1.82) is 0 Å². The van der Waals surface area contributed by atoms with E-state index < -0.39 is 10.3 Å². The molecule has 0 saturated heterocycles. The van der Waals surface area contributed by atoms with Gasteiger partial charge in [-0.3, -0.25) is 14.9 Å². The number of ketones is 1. The van der Waals surface area contributed by atoms with Crippen molar-refractivity contribution >= 4 is 11.5 Å². The number of hydrogen-bond donors (Lipinski definition) is 0. The maximum atomic E-state index is 11.5. The van der Waals surface area contributed by atoms with E-state index in [2.05, 4.69) is 0 Å². The molecule has 0 N–H and O–H groups in total. The van der Waals surface area contributed by atoms with Crippen LogP contribution in [0.4, 0.5) is 5.69 Å². The number of carbonyl (C=O) groups is 1. The summed E-state index contributed by atoms with van der Waals surface area (Å²) in [6.45, 7) is 3.26. The van der Waals surface area contributed by atoms with Gasteiger partial charge in [0.15, 0.2) is 0 Å². The van der Waals surface area contributed by atoms with Gasteiger partial charge in [0.1, 0.15) is 5.78 Å². The van der Waals surface area contributed by atoms with Gasteiger partial charge in [0.2, 0.25) is 0 Å². The second kappa shape index (κ2) is 3.40. The second-order valence-electron chi connectivity index (χ2n) is 4.40. The minimum Gasteiger partial charge on any atom is -0.299 e. The van der Waals surface area contributed by atoms with Crippen molar-refractivity contribution in [2.75, 3.05) is 0 Å². The molecule has 0 radical (unpaired) electrons. The highest BCUT2D eigenvalue weighted by Crippen LogP contribution is 2.49. The van der Waals surface area contributed by atoms with Crippen molar-refractivity contribution in [2.45, 2.75) is 32.1 Å². The number of Topliss-reactive ketones (excluding diaryl/α,β-unsaturated/α-hetero) is 1. The minimum absolute atomic E-state index is 0.102. The van der Waals surface area contributed by atoms with Crippen molar-refractivity contribution in [1.82, 2.24) is 0 Å². The van der Waals surface area contributed by atoms with Gasteiger partial charge in [-0.05, 0) is 32.3 Å². The molecule has 2 rings (SSSR count). The van der Waals surface area contributed by atoms with E-state index in [0.717, 1.165) is 18.4 Å². The number of benzene rings is 1. The summed E-state index contributed by atoms with van der Waals surface area (Å²) in [4.78, 5) is 21.9. The Bertz CT molecular complexity index is 475. The van der Waals surface area contributed by atoms with Crippen LogP contribution in [0.3, 0.4) is 0 Å². The molecule has 0 heterocycles. The van der Waals surface area contributed by atoms with E-state index >= 15 is 0 Å². The number of nitro groups is 1. The summed E-state index contributed by atoms with van der Waals surface area (Å²) in [6.07, 6.45) is 1.62. The average molecular weight is 219 g/mol. The first kappa shape index (κ1) is 10.8. The van der Waals surface area contributed by atoms with Crippen LogP contribution in [0.25, 0.3) is 0 Å². The Labute approximate surface area is 93.4 Å². The van der Waals surface area contributed by atoms with Gasteiger partial charge in [0.25, 0.3) is 5.69 Å². The summed E-state index contributed by atoms with van der Waals surface area (Å²) >= 11 is 0. The highest BCUT2D eigenvalue weighted by Gasteiger charge is 2.49. The summed E-state index contributed by atoms with van der Waals surface area (Å²) in [5.41, 5.74) is 1.09. The Morgan fingerprint density at radius 2 is 2.06 bits per heavy atom. The molecule has 0 amide bonds. The molecular formula is C12H13NO3. The predicted molar refractivity (Wildman–Crippen MR) is 59.4 cm³/mol. The molecule has 1 saturated carbocycles. The third-order valence-corrected chi connectivity index (χ3v) is 3.38. The van der Waals surface area contributed by atoms with E-state index in [1.54, 1.807) is 26.0 Å². The largest absolute Gasteiger partial charge is 0.299 e. The van der Waals surface area contributed by atoms with Gasteiger partial charge in [0.05, 0.1) is 10.3 Å². The van der Waals surface area contributed by atoms with Crippen LogP contribution in [-0.4, -0.2) is 10.7 Å². The van der Waals surface area contributed by atoms with Crippen LogP contribution in [0, 0.1) is 17.0 Å². The Morgan fingerprint density at radius 1 is 1.44 bits per heavy atom. The van der Waals surface area contributed by atoms with Crippen molar-refractivity contribution < 1.29 is 9.72 Å². The molecule has 1 aliphatic carbocycles. The predicted octanol–water partition coefficient (Wildman–Crippen LogP) is 2.52. The van der Waals surface area contributed by atoms with Crippen LogP contribution in [-0.2, 0) is 10.2 Å². The average Bonchev–Trinajstić information content (AvgIpc) is 2.98. The smallest absolute Gasteiger partial charge is 0.272 e. The number of aryl methyl sites for hydroxylation is 1. The summed E-state index contributed by atoms with van der Waals surface area (Å²) < 4.78 is 0. The monoisotopic (exact) mass is 219 g/mol. The van der Waals surface area contributed by atoms with Crippen LogP contribution < -0.4 is 0 Å². The third kappa shape index (κ3) is 1.50. The fourth-order valence-electron chi connectivity index (χ4n) is 2.07. The molecule has 84 valence electrons. The van der Waals surface area contributed by atoms with E-state index in [-0.39, 0.29) is 11.5 Å². The molecule has 1 aromatic carbocycles. The molecule has 0 atom stereocenters. The van der Waals surface area contributed by atoms with Crippen LogP contribution in [0.5, 0.6) is 0 Å². The van der Waals surface area contributed by atoms with Crippen molar-refractivity contribution in [2.24, 2.45) is 0 Å².